The van der Waals surface area contributed by atoms with Crippen LogP contribution in [0.1, 0.15) is 0 Å². The number of ether oxygens (including phenoxy) is 1. The molecule has 0 bridgehead atoms. The van der Waals surface area contributed by atoms with Crippen LogP contribution < -0.4 is 4.74 Å². The maximum absolute atomic E-state index is 8.67. The van der Waals surface area contributed by atoms with Crippen LogP contribution in [-0.4, -0.2) is 15.5 Å². The van der Waals surface area contributed by atoms with Crippen molar-refractivity contribution in [3.05, 3.63) is 30.3 Å². The second kappa shape index (κ2) is 6.36. The molecule has 1 rings (SSSR count). The Bertz CT molecular complexity index is 298. The van der Waals surface area contributed by atoms with E-state index in [0.717, 1.165) is 5.75 Å². The van der Waals surface area contributed by atoms with Crippen molar-refractivity contribution in [2.75, 3.05) is 7.11 Å². The van der Waals surface area contributed by atoms with Crippen molar-refractivity contribution in [3.8, 4) is 5.75 Å². The van der Waals surface area contributed by atoms with E-state index in [9.17, 15) is 0 Å². The van der Waals surface area contributed by atoms with Gasteiger partial charge in [-0.1, -0.05) is 18.2 Å². The lowest BCUT2D eigenvalue weighted by Gasteiger charge is -1.93. The molecular weight excluding hydrogens is 178 g/mol. The highest BCUT2D eigenvalue weighted by molar-refractivity contribution is 7.60. The molecule has 0 heterocycles. The lowest BCUT2D eigenvalue weighted by Crippen LogP contribution is -1.78. The molecule has 0 fully saturated rings. The van der Waals surface area contributed by atoms with E-state index in [1.807, 2.05) is 30.3 Å². The van der Waals surface area contributed by atoms with Crippen molar-refractivity contribution in [3.63, 3.8) is 0 Å². The Morgan fingerprint density at radius 3 is 1.92 bits per heavy atom. The van der Waals surface area contributed by atoms with E-state index in [1.54, 1.807) is 7.11 Å². The average molecular weight is 187 g/mol. The largest absolute Gasteiger partial charge is 0.497 e. The summed E-state index contributed by atoms with van der Waals surface area (Å²) in [6.07, 6.45) is 0. The number of hydrogen-bond acceptors (Lipinski definition) is 4. The monoisotopic (exact) mass is 187 g/mol. The summed E-state index contributed by atoms with van der Waals surface area (Å²) in [5.41, 5.74) is 0. The van der Waals surface area contributed by atoms with Crippen LogP contribution >= 0.6 is 0 Å². The molecule has 1 aromatic rings. The maximum Gasteiger partial charge on any atom is 0.308 e. The van der Waals surface area contributed by atoms with E-state index in [-0.39, 0.29) is 0 Å². The molecule has 5 heteroatoms. The summed E-state index contributed by atoms with van der Waals surface area (Å²) in [5, 5.41) is 0. The summed E-state index contributed by atoms with van der Waals surface area (Å²) >= 11 is 0. The Kier molecular flexibility index (Phi) is 5.64. The van der Waals surface area contributed by atoms with E-state index < -0.39 is 10.5 Å². The Morgan fingerprint density at radius 2 is 1.67 bits per heavy atom. The summed E-state index contributed by atoms with van der Waals surface area (Å²) in [5.74, 6) is 0.910. The topological polar surface area (TPSA) is 67.2 Å². The first-order valence-corrected chi connectivity index (χ1v) is 4.14. The SMILES string of the molecule is COc1ccccc1.N=S(=O)=O. The summed E-state index contributed by atoms with van der Waals surface area (Å²) in [7, 11) is -0.949. The molecule has 0 aliphatic rings. The van der Waals surface area contributed by atoms with Gasteiger partial charge in [-0.3, -0.25) is 0 Å². The molecule has 0 saturated carbocycles. The standard InChI is InChI=1S/C7H8O.HNO2S/c1-8-7-5-3-2-4-6-7;1-4(2)3/h2-6H,1H3;1H. The molecule has 1 N–H and O–H groups in total. The molecule has 1 aromatic carbocycles. The van der Waals surface area contributed by atoms with E-state index in [4.69, 9.17) is 17.9 Å². The average Bonchev–Trinajstić information content (AvgIpc) is 2.05. The first-order chi connectivity index (χ1) is 5.66. The molecule has 0 aromatic heterocycles. The molecule has 66 valence electrons. The van der Waals surface area contributed by atoms with Gasteiger partial charge in [-0.2, -0.15) is 13.2 Å². The zero-order chi connectivity index (χ0) is 9.40. The summed E-state index contributed by atoms with van der Waals surface area (Å²) in [4.78, 5) is 0. The Balaban J connectivity index is 0.000000261. The van der Waals surface area contributed by atoms with Gasteiger partial charge in [0.1, 0.15) is 5.75 Å². The molecule has 0 radical (unpaired) electrons. The first kappa shape index (κ1) is 10.6. The fraction of sp³-hybridized carbons (Fsp3) is 0.143. The number of methoxy groups -OCH3 is 1. The second-order valence-electron chi connectivity index (χ2n) is 1.75. The molecule has 0 unspecified atom stereocenters. The van der Waals surface area contributed by atoms with E-state index in [0.29, 0.717) is 0 Å². The van der Waals surface area contributed by atoms with E-state index in [2.05, 4.69) is 0 Å². The van der Waals surface area contributed by atoms with Crippen molar-refractivity contribution >= 4 is 10.5 Å². The second-order valence-corrected chi connectivity index (χ2v) is 2.22. The van der Waals surface area contributed by atoms with Gasteiger partial charge in [0, 0.05) is 0 Å². The van der Waals surface area contributed by atoms with Crippen molar-refractivity contribution in [1.29, 1.82) is 4.78 Å². The van der Waals surface area contributed by atoms with Crippen LogP contribution in [0.15, 0.2) is 30.3 Å². The zero-order valence-corrected chi connectivity index (χ0v) is 7.34. The molecule has 0 aliphatic heterocycles. The van der Waals surface area contributed by atoms with Gasteiger partial charge in [0.25, 0.3) is 0 Å². The third-order valence-corrected chi connectivity index (χ3v) is 0.979. The van der Waals surface area contributed by atoms with Gasteiger partial charge in [0.2, 0.25) is 0 Å². The van der Waals surface area contributed by atoms with Crippen LogP contribution in [0, 0.1) is 4.78 Å². The highest BCUT2D eigenvalue weighted by Gasteiger charge is 1.80. The highest BCUT2D eigenvalue weighted by Crippen LogP contribution is 2.05. The molecule has 0 spiro atoms. The molecular formula is C7H9NO3S. The predicted octanol–water partition coefficient (Wildman–Crippen LogP) is 1.32. The van der Waals surface area contributed by atoms with Gasteiger partial charge in [-0.05, 0) is 12.1 Å². The van der Waals surface area contributed by atoms with Gasteiger partial charge >= 0.3 is 10.5 Å². The van der Waals surface area contributed by atoms with Gasteiger partial charge in [0.15, 0.2) is 0 Å². The van der Waals surface area contributed by atoms with Crippen molar-refractivity contribution in [2.24, 2.45) is 0 Å². The number of hydrogen-bond donors (Lipinski definition) is 1. The fourth-order valence-corrected chi connectivity index (χ4v) is 0.557. The Morgan fingerprint density at radius 1 is 1.25 bits per heavy atom. The molecule has 0 saturated heterocycles. The third kappa shape index (κ3) is 6.76. The predicted molar refractivity (Wildman–Crippen MR) is 44.6 cm³/mol. The van der Waals surface area contributed by atoms with Crippen LogP contribution in [0.25, 0.3) is 0 Å². The quantitative estimate of drug-likeness (QED) is 0.721. The van der Waals surface area contributed by atoms with Crippen LogP contribution in [0.2, 0.25) is 0 Å². The van der Waals surface area contributed by atoms with Gasteiger partial charge in [0.05, 0.1) is 7.11 Å². The normalized spacial score (nSPS) is 7.75. The van der Waals surface area contributed by atoms with E-state index >= 15 is 0 Å². The number of rotatable bonds is 1. The van der Waals surface area contributed by atoms with E-state index in [1.165, 1.54) is 0 Å². The maximum atomic E-state index is 8.67. The zero-order valence-electron chi connectivity index (χ0n) is 6.52. The minimum atomic E-state index is -2.61. The highest BCUT2D eigenvalue weighted by atomic mass is 32.2. The molecule has 0 amide bonds. The summed E-state index contributed by atoms with van der Waals surface area (Å²) in [6.45, 7) is 0. The van der Waals surface area contributed by atoms with Crippen LogP contribution in [0.5, 0.6) is 5.75 Å². The van der Waals surface area contributed by atoms with Crippen LogP contribution in [-0.2, 0) is 10.5 Å². The third-order valence-electron chi connectivity index (χ3n) is 0.979. The Labute approximate surface area is 72.3 Å². The van der Waals surface area contributed by atoms with Gasteiger partial charge < -0.3 is 4.74 Å². The van der Waals surface area contributed by atoms with Crippen LogP contribution in [0.3, 0.4) is 0 Å². The smallest absolute Gasteiger partial charge is 0.308 e. The van der Waals surface area contributed by atoms with Crippen molar-refractivity contribution in [1.82, 2.24) is 0 Å². The molecule has 0 atom stereocenters. The first-order valence-electron chi connectivity index (χ1n) is 3.06. The minimum absolute atomic E-state index is 0.910. The minimum Gasteiger partial charge on any atom is -0.497 e. The lowest BCUT2D eigenvalue weighted by molar-refractivity contribution is 0.415. The van der Waals surface area contributed by atoms with Crippen molar-refractivity contribution in [2.45, 2.75) is 0 Å². The molecule has 4 nitrogen and oxygen atoms in total. The lowest BCUT2D eigenvalue weighted by atomic mass is 10.3. The van der Waals surface area contributed by atoms with Crippen LogP contribution in [0.4, 0.5) is 0 Å². The van der Waals surface area contributed by atoms with Crippen molar-refractivity contribution < 1.29 is 13.2 Å². The molecule has 0 aliphatic carbocycles. The summed E-state index contributed by atoms with van der Waals surface area (Å²) in [6, 6.07) is 9.68. The number of para-hydroxylation sites is 1. The van der Waals surface area contributed by atoms with Gasteiger partial charge in [-0.15, -0.1) is 0 Å². The number of benzene rings is 1. The van der Waals surface area contributed by atoms with Gasteiger partial charge in [-0.25, -0.2) is 0 Å². The number of nitrogens with one attached hydrogen (secondary N) is 1. The Hall–Kier alpha value is -1.36. The fourth-order valence-electron chi connectivity index (χ4n) is 0.557. The molecule has 12 heavy (non-hydrogen) atoms. The summed E-state index contributed by atoms with van der Waals surface area (Å²) < 4.78 is 27.7.